The summed E-state index contributed by atoms with van der Waals surface area (Å²) in [5.41, 5.74) is 1.30. The van der Waals surface area contributed by atoms with Crippen molar-refractivity contribution in [2.45, 2.75) is 38.1 Å². The number of hydrogen-bond acceptors (Lipinski definition) is 4. The van der Waals surface area contributed by atoms with Crippen LogP contribution in [0.3, 0.4) is 0 Å². The van der Waals surface area contributed by atoms with Gasteiger partial charge < -0.3 is 15.0 Å². The van der Waals surface area contributed by atoms with E-state index in [1.165, 1.54) is 31.4 Å². The topological polar surface area (TPSA) is 42.3 Å². The summed E-state index contributed by atoms with van der Waals surface area (Å²) in [5, 5.41) is 7.93. The van der Waals surface area contributed by atoms with Crippen LogP contribution >= 0.6 is 0 Å². The summed E-state index contributed by atoms with van der Waals surface area (Å²) in [6.45, 7) is 3.00. The molecule has 5 heteroatoms. The highest BCUT2D eigenvalue weighted by atomic mass is 16.5. The van der Waals surface area contributed by atoms with Gasteiger partial charge in [0.25, 0.3) is 0 Å². The fourth-order valence-electron chi connectivity index (χ4n) is 3.46. The van der Waals surface area contributed by atoms with Gasteiger partial charge in [0.05, 0.1) is 25.5 Å². The normalized spacial score (nSPS) is 22.7. The Hall–Kier alpha value is -1.07. The fraction of sp³-hybridized carbons (Fsp3) is 0.812. The molecule has 0 spiro atoms. The van der Waals surface area contributed by atoms with Crippen LogP contribution in [0.15, 0.2) is 6.20 Å². The molecule has 120 valence electrons. The van der Waals surface area contributed by atoms with E-state index in [1.807, 2.05) is 13.2 Å². The zero-order chi connectivity index (χ0) is 15.2. The fourth-order valence-corrected chi connectivity index (χ4v) is 3.46. The molecule has 5 nitrogen and oxygen atoms in total. The van der Waals surface area contributed by atoms with E-state index in [2.05, 4.69) is 34.1 Å². The summed E-state index contributed by atoms with van der Waals surface area (Å²) in [6, 6.07) is 0. The van der Waals surface area contributed by atoms with Crippen LogP contribution in [0.1, 0.15) is 37.3 Å². The van der Waals surface area contributed by atoms with Crippen molar-refractivity contribution in [3.8, 4) is 5.75 Å². The first-order valence-corrected chi connectivity index (χ1v) is 8.06. The van der Waals surface area contributed by atoms with E-state index in [4.69, 9.17) is 4.74 Å². The first-order chi connectivity index (χ1) is 10.2. The molecule has 1 aliphatic carbocycles. The third-order valence-electron chi connectivity index (χ3n) is 4.55. The maximum absolute atomic E-state index is 5.60. The molecule has 1 saturated carbocycles. The van der Waals surface area contributed by atoms with E-state index >= 15 is 0 Å². The lowest BCUT2D eigenvalue weighted by Crippen LogP contribution is -2.30. The summed E-state index contributed by atoms with van der Waals surface area (Å²) < 4.78 is 7.76. The van der Waals surface area contributed by atoms with Crippen molar-refractivity contribution in [3.63, 3.8) is 0 Å². The molecule has 21 heavy (non-hydrogen) atoms. The van der Waals surface area contributed by atoms with Gasteiger partial charge in [-0.15, -0.1) is 0 Å². The van der Waals surface area contributed by atoms with Gasteiger partial charge in [-0.2, -0.15) is 5.10 Å². The smallest absolute Gasteiger partial charge is 0.160 e. The van der Waals surface area contributed by atoms with Crippen molar-refractivity contribution < 1.29 is 4.74 Å². The molecule has 0 amide bonds. The molecule has 1 aromatic rings. The Morgan fingerprint density at radius 2 is 2.14 bits per heavy atom. The predicted molar refractivity (Wildman–Crippen MR) is 86.0 cm³/mol. The lowest BCUT2D eigenvalue weighted by atomic mass is 9.77. The minimum atomic E-state index is 0.561. The first-order valence-electron chi connectivity index (χ1n) is 8.06. The van der Waals surface area contributed by atoms with Gasteiger partial charge in [0, 0.05) is 12.5 Å². The third kappa shape index (κ3) is 3.98. The first kappa shape index (κ1) is 16.3. The maximum Gasteiger partial charge on any atom is 0.160 e. The highest BCUT2D eigenvalue weighted by molar-refractivity contribution is 5.30. The molecule has 2 rings (SSSR count). The van der Waals surface area contributed by atoms with Crippen molar-refractivity contribution >= 4 is 0 Å². The van der Waals surface area contributed by atoms with Crippen molar-refractivity contribution in [2.24, 2.45) is 5.92 Å². The molecular formula is C16H30N4O. The summed E-state index contributed by atoms with van der Waals surface area (Å²) in [5.74, 6) is 2.21. The molecule has 1 fully saturated rings. The van der Waals surface area contributed by atoms with Gasteiger partial charge >= 0.3 is 0 Å². The second kappa shape index (κ2) is 7.80. The molecule has 0 bridgehead atoms. The largest absolute Gasteiger partial charge is 0.493 e. The second-order valence-electron chi connectivity index (χ2n) is 6.33. The van der Waals surface area contributed by atoms with Crippen LogP contribution in [0.25, 0.3) is 0 Å². The highest BCUT2D eigenvalue weighted by Crippen LogP contribution is 2.41. The van der Waals surface area contributed by atoms with E-state index in [1.54, 1.807) is 7.11 Å². The number of hydrogen-bond donors (Lipinski definition) is 1. The molecule has 1 aromatic heterocycles. The van der Waals surface area contributed by atoms with Crippen molar-refractivity contribution in [1.29, 1.82) is 0 Å². The van der Waals surface area contributed by atoms with Crippen LogP contribution in [-0.2, 0) is 6.54 Å². The number of nitrogens with zero attached hydrogens (tertiary/aromatic N) is 3. The van der Waals surface area contributed by atoms with Crippen LogP contribution < -0.4 is 10.1 Å². The second-order valence-corrected chi connectivity index (χ2v) is 6.33. The van der Waals surface area contributed by atoms with Gasteiger partial charge in [-0.25, -0.2) is 0 Å². The molecule has 1 N–H and O–H groups in total. The monoisotopic (exact) mass is 294 g/mol. The lowest BCUT2D eigenvalue weighted by Gasteiger charge is -2.32. The molecule has 1 heterocycles. The number of methoxy groups -OCH3 is 1. The molecular weight excluding hydrogens is 264 g/mol. The van der Waals surface area contributed by atoms with E-state index < -0.39 is 0 Å². The summed E-state index contributed by atoms with van der Waals surface area (Å²) in [4.78, 5) is 2.20. The molecule has 1 aliphatic rings. The Kier molecular flexibility index (Phi) is 6.06. The predicted octanol–water partition coefficient (Wildman–Crippen LogP) is 1.95. The molecule has 0 aliphatic heterocycles. The number of rotatable bonds is 7. The van der Waals surface area contributed by atoms with Crippen molar-refractivity contribution in [2.75, 3.05) is 41.3 Å². The highest BCUT2D eigenvalue weighted by Gasteiger charge is 2.31. The van der Waals surface area contributed by atoms with Crippen LogP contribution in [-0.4, -0.2) is 56.0 Å². The van der Waals surface area contributed by atoms with E-state index in [9.17, 15) is 0 Å². The van der Waals surface area contributed by atoms with E-state index in [0.717, 1.165) is 25.4 Å². The zero-order valence-corrected chi connectivity index (χ0v) is 13.9. The number of aromatic nitrogens is 2. The summed E-state index contributed by atoms with van der Waals surface area (Å²) in [6.07, 6.45) is 7.09. The average molecular weight is 294 g/mol. The Labute approximate surface area is 128 Å². The Bertz CT molecular complexity index is 428. The summed E-state index contributed by atoms with van der Waals surface area (Å²) >= 11 is 0. The van der Waals surface area contributed by atoms with Gasteiger partial charge in [0.2, 0.25) is 0 Å². The van der Waals surface area contributed by atoms with Gasteiger partial charge in [-0.3, -0.25) is 4.68 Å². The number of ether oxygens (including phenoxy) is 1. The average Bonchev–Trinajstić information content (AvgIpc) is 2.89. The lowest BCUT2D eigenvalue weighted by molar-refractivity contribution is 0.275. The minimum absolute atomic E-state index is 0.561. The Morgan fingerprint density at radius 3 is 2.81 bits per heavy atom. The Morgan fingerprint density at radius 1 is 1.38 bits per heavy atom. The SMILES string of the molecule is CNCC1CCCCC1c1c(OC)cnn1CCN(C)C. The quantitative estimate of drug-likeness (QED) is 0.834. The van der Waals surface area contributed by atoms with Crippen molar-refractivity contribution in [1.82, 2.24) is 20.0 Å². The molecule has 2 atom stereocenters. The molecule has 0 radical (unpaired) electrons. The van der Waals surface area contributed by atoms with E-state index in [0.29, 0.717) is 11.8 Å². The van der Waals surface area contributed by atoms with Crippen molar-refractivity contribution in [3.05, 3.63) is 11.9 Å². The standard InChI is InChI=1S/C16H30N4O/c1-17-11-13-7-5-6-8-14(13)16-15(21-4)12-18-20(16)10-9-19(2)3/h12-14,17H,5-11H2,1-4H3. The van der Waals surface area contributed by atoms with Gasteiger partial charge in [0.15, 0.2) is 5.75 Å². The third-order valence-corrected chi connectivity index (χ3v) is 4.55. The van der Waals surface area contributed by atoms with Gasteiger partial charge in [0.1, 0.15) is 0 Å². The van der Waals surface area contributed by atoms with E-state index in [-0.39, 0.29) is 0 Å². The van der Waals surface area contributed by atoms with Crippen LogP contribution in [0.2, 0.25) is 0 Å². The maximum atomic E-state index is 5.60. The molecule has 0 saturated heterocycles. The van der Waals surface area contributed by atoms with Crippen LogP contribution in [0.5, 0.6) is 5.75 Å². The number of likely N-dealkylation sites (N-methyl/N-ethyl adjacent to an activating group) is 1. The minimum Gasteiger partial charge on any atom is -0.493 e. The van der Waals surface area contributed by atoms with Gasteiger partial charge in [-0.05, 0) is 46.4 Å². The van der Waals surface area contributed by atoms with Crippen LogP contribution in [0, 0.1) is 5.92 Å². The number of nitrogens with one attached hydrogen (secondary N) is 1. The van der Waals surface area contributed by atoms with Crippen LogP contribution in [0.4, 0.5) is 0 Å². The Balaban J connectivity index is 2.23. The zero-order valence-electron chi connectivity index (χ0n) is 13.9. The van der Waals surface area contributed by atoms with Gasteiger partial charge in [-0.1, -0.05) is 12.8 Å². The molecule has 0 aromatic carbocycles. The summed E-state index contributed by atoms with van der Waals surface area (Å²) in [7, 11) is 8.01. The molecule has 2 unspecified atom stereocenters.